The molecule has 6 heteroatoms. The molecule has 49 heavy (non-hydrogen) atoms. The van der Waals surface area contributed by atoms with Crippen molar-refractivity contribution in [1.29, 1.82) is 0 Å². The zero-order valence-corrected chi connectivity index (χ0v) is 28.7. The van der Waals surface area contributed by atoms with Crippen molar-refractivity contribution in [2.24, 2.45) is 0 Å². The Bertz CT molecular complexity index is 2840. The van der Waals surface area contributed by atoms with Gasteiger partial charge in [0.1, 0.15) is 11.6 Å². The number of pyridine rings is 1. The number of aryl methyl sites for hydroxylation is 1. The molecule has 0 fully saturated rings. The van der Waals surface area contributed by atoms with Crippen LogP contribution in [0.2, 0.25) is 0 Å². The zero-order chi connectivity index (χ0) is 31.8. The van der Waals surface area contributed by atoms with Crippen LogP contribution in [0.25, 0.3) is 88.7 Å². The Labute approximate surface area is 296 Å². The van der Waals surface area contributed by atoms with Crippen molar-refractivity contribution in [3.63, 3.8) is 0 Å². The van der Waals surface area contributed by atoms with Crippen LogP contribution in [0.3, 0.4) is 0 Å². The summed E-state index contributed by atoms with van der Waals surface area (Å²) in [5, 5.41) is 4.61. The molecule has 0 aliphatic carbocycles. The van der Waals surface area contributed by atoms with Crippen LogP contribution >= 0.6 is 0 Å². The van der Waals surface area contributed by atoms with Gasteiger partial charge < -0.3 is 9.55 Å². The quantitative estimate of drug-likeness (QED) is 0.167. The van der Waals surface area contributed by atoms with Crippen molar-refractivity contribution in [3.05, 3.63) is 157 Å². The standard InChI is InChI=1S/C43H27N5.Pt/c1-27-20-22-32-33-23-21-28(26-39(33)48(38(32)25-27)40-19-7-8-24-44-40)30-14-10-18-37-42(30)46-43(47(37)29-11-3-2-4-12-29)35-16-9-15-34-31-13-5-6-17-36(31)45-41(34)35;/h2-25H,1H3;/q-2;+2. The molecular weight excluding hydrogens is 782 g/mol. The van der Waals surface area contributed by atoms with Crippen molar-refractivity contribution in [1.82, 2.24) is 24.1 Å². The van der Waals surface area contributed by atoms with Gasteiger partial charge in [-0.05, 0) is 70.6 Å². The summed E-state index contributed by atoms with van der Waals surface area (Å²) in [6, 6.07) is 52.5. The van der Waals surface area contributed by atoms with Gasteiger partial charge in [-0.25, -0.2) is 9.97 Å². The molecule has 0 radical (unpaired) electrons. The van der Waals surface area contributed by atoms with Crippen molar-refractivity contribution >= 4 is 54.6 Å². The average molecular weight is 809 g/mol. The van der Waals surface area contributed by atoms with Crippen LogP contribution in [-0.2, 0) is 21.1 Å². The Morgan fingerprint density at radius 1 is 0.612 bits per heavy atom. The molecule has 10 rings (SSSR count). The second kappa shape index (κ2) is 11.4. The number of nitrogens with zero attached hydrogens (tertiary/aromatic N) is 5. The Hall–Kier alpha value is -5.77. The van der Waals surface area contributed by atoms with Gasteiger partial charge in [0, 0.05) is 23.0 Å². The van der Waals surface area contributed by atoms with Gasteiger partial charge in [0.25, 0.3) is 0 Å². The number of benzene rings is 6. The monoisotopic (exact) mass is 808 g/mol. The maximum atomic E-state index is 5.45. The van der Waals surface area contributed by atoms with Crippen LogP contribution in [0.5, 0.6) is 0 Å². The van der Waals surface area contributed by atoms with Gasteiger partial charge in [-0.1, -0.05) is 102 Å². The minimum absolute atomic E-state index is 0. The van der Waals surface area contributed by atoms with Crippen molar-refractivity contribution in [2.45, 2.75) is 6.92 Å². The first-order chi connectivity index (χ1) is 23.7. The molecule has 5 nitrogen and oxygen atoms in total. The number of hydrogen-bond acceptors (Lipinski definition) is 2. The van der Waals surface area contributed by atoms with Crippen molar-refractivity contribution in [2.75, 3.05) is 0 Å². The Kier molecular flexibility index (Phi) is 6.85. The number of para-hydroxylation sites is 4. The van der Waals surface area contributed by atoms with Gasteiger partial charge in [0.2, 0.25) is 0 Å². The molecule has 0 aliphatic heterocycles. The first-order valence-electron chi connectivity index (χ1n) is 16.1. The van der Waals surface area contributed by atoms with Crippen LogP contribution in [0.1, 0.15) is 5.56 Å². The van der Waals surface area contributed by atoms with E-state index in [9.17, 15) is 0 Å². The van der Waals surface area contributed by atoms with E-state index in [4.69, 9.17) is 15.0 Å². The predicted octanol–water partition coefficient (Wildman–Crippen LogP) is 10.2. The second-order valence-corrected chi connectivity index (χ2v) is 12.3. The summed E-state index contributed by atoms with van der Waals surface area (Å²) in [5.41, 5.74) is 11.2. The Balaban J connectivity index is 0.00000325. The van der Waals surface area contributed by atoms with E-state index in [0.717, 1.165) is 83.3 Å². The molecule has 234 valence electrons. The molecule has 6 aromatic carbocycles. The van der Waals surface area contributed by atoms with E-state index in [1.807, 2.05) is 30.5 Å². The summed E-state index contributed by atoms with van der Waals surface area (Å²) in [6.07, 6.45) is 1.84. The zero-order valence-electron chi connectivity index (χ0n) is 26.4. The molecule has 0 aliphatic rings. The fourth-order valence-corrected chi connectivity index (χ4v) is 7.25. The molecule has 0 spiro atoms. The van der Waals surface area contributed by atoms with E-state index in [-0.39, 0.29) is 21.1 Å². The minimum atomic E-state index is 0. The molecule has 4 aromatic heterocycles. The Morgan fingerprint density at radius 3 is 2.27 bits per heavy atom. The summed E-state index contributed by atoms with van der Waals surface area (Å²) in [5.74, 6) is 1.73. The maximum absolute atomic E-state index is 5.45. The van der Waals surface area contributed by atoms with Gasteiger partial charge >= 0.3 is 21.1 Å². The number of hydrogen-bond donors (Lipinski definition) is 0. The van der Waals surface area contributed by atoms with Crippen LogP contribution < -0.4 is 4.98 Å². The number of fused-ring (bicyclic) bond motifs is 7. The number of aromatic nitrogens is 5. The molecule has 0 atom stereocenters. The maximum Gasteiger partial charge on any atom is 2.00 e. The minimum Gasteiger partial charge on any atom is -0.656 e. The molecule has 10 aromatic rings. The smallest absolute Gasteiger partial charge is 0.656 e. The third-order valence-corrected chi connectivity index (χ3v) is 9.40. The summed E-state index contributed by atoms with van der Waals surface area (Å²) in [7, 11) is 0. The van der Waals surface area contributed by atoms with E-state index >= 15 is 0 Å². The summed E-state index contributed by atoms with van der Waals surface area (Å²) >= 11 is 0. The van der Waals surface area contributed by atoms with Gasteiger partial charge in [-0.2, -0.15) is 0 Å². The number of imidazole rings is 1. The van der Waals surface area contributed by atoms with E-state index in [1.54, 1.807) is 0 Å². The van der Waals surface area contributed by atoms with Crippen molar-refractivity contribution < 1.29 is 21.1 Å². The first-order valence-corrected chi connectivity index (χ1v) is 16.1. The van der Waals surface area contributed by atoms with E-state index < -0.39 is 0 Å². The average Bonchev–Trinajstić information content (AvgIpc) is 3.81. The third-order valence-electron chi connectivity index (χ3n) is 9.40. The molecular formula is C43H27N5Pt. The fraction of sp³-hybridized carbons (Fsp3) is 0.0233. The van der Waals surface area contributed by atoms with Crippen LogP contribution in [0.4, 0.5) is 0 Å². The molecule has 0 saturated heterocycles. The van der Waals surface area contributed by atoms with Gasteiger partial charge in [0.15, 0.2) is 0 Å². The van der Waals surface area contributed by atoms with Crippen LogP contribution in [0, 0.1) is 13.0 Å². The normalized spacial score (nSPS) is 11.6. The SMILES string of the molecule is Cc1ccc2c3ccc(-c4cccc5c4nc(-c4cccc6c4[n-]c4ccccc46)n5-c4ccccc4)[c-]c3n(-c3ccccn3)c2c1.[Pt+2]. The van der Waals surface area contributed by atoms with Crippen LogP contribution in [0.15, 0.2) is 146 Å². The summed E-state index contributed by atoms with van der Waals surface area (Å²) < 4.78 is 4.49. The van der Waals surface area contributed by atoms with E-state index in [0.29, 0.717) is 0 Å². The van der Waals surface area contributed by atoms with Crippen molar-refractivity contribution in [3.8, 4) is 34.0 Å². The fourth-order valence-electron chi connectivity index (χ4n) is 7.25. The van der Waals surface area contributed by atoms with Gasteiger partial charge in [-0.3, -0.25) is 4.57 Å². The van der Waals surface area contributed by atoms with E-state index in [1.165, 1.54) is 10.9 Å². The van der Waals surface area contributed by atoms with Gasteiger partial charge in [0.05, 0.1) is 11.0 Å². The third kappa shape index (κ3) is 4.50. The summed E-state index contributed by atoms with van der Waals surface area (Å²) in [4.78, 5) is 15.3. The molecule has 0 bridgehead atoms. The molecule has 0 unspecified atom stereocenters. The summed E-state index contributed by atoms with van der Waals surface area (Å²) in [6.45, 7) is 2.13. The first kappa shape index (κ1) is 29.4. The Morgan fingerprint density at radius 2 is 1.39 bits per heavy atom. The number of rotatable bonds is 4. The topological polar surface area (TPSA) is 49.7 Å². The molecule has 0 N–H and O–H groups in total. The molecule has 4 heterocycles. The predicted molar refractivity (Wildman–Crippen MR) is 196 cm³/mol. The second-order valence-electron chi connectivity index (χ2n) is 12.3. The largest absolute Gasteiger partial charge is 2.00 e. The van der Waals surface area contributed by atoms with Crippen LogP contribution in [-0.4, -0.2) is 19.1 Å². The molecule has 0 amide bonds. The van der Waals surface area contributed by atoms with Gasteiger partial charge in [-0.15, -0.1) is 34.8 Å². The molecule has 0 saturated carbocycles. The van der Waals surface area contributed by atoms with E-state index in [2.05, 4.69) is 137 Å².